The minimum absolute atomic E-state index is 0.147. The smallest absolute Gasteiger partial charge is 0.129 e. The molecule has 2 heteroatoms. The van der Waals surface area contributed by atoms with Crippen LogP contribution in [0.1, 0.15) is 25.7 Å². The number of likely N-dealkylation sites (tertiary alicyclic amines) is 1. The lowest BCUT2D eigenvalue weighted by molar-refractivity contribution is 0.227. The van der Waals surface area contributed by atoms with Crippen LogP contribution in [0.4, 0.5) is 0 Å². The molecular weight excluding hydrogens is 210 g/mol. The second kappa shape index (κ2) is 5.20. The molecule has 1 aliphatic heterocycles. The van der Waals surface area contributed by atoms with Gasteiger partial charge in [-0.05, 0) is 39.3 Å². The highest BCUT2D eigenvalue weighted by molar-refractivity contribution is 6.83. The molecule has 1 atom stereocenters. The summed E-state index contributed by atoms with van der Waals surface area (Å²) in [5.41, 5.74) is 3.70. The third kappa shape index (κ3) is 3.50. The van der Waals surface area contributed by atoms with Crippen molar-refractivity contribution in [2.75, 3.05) is 13.6 Å². The molecule has 0 bridgehead atoms. The third-order valence-electron chi connectivity index (χ3n) is 3.25. The maximum absolute atomic E-state index is 3.83. The van der Waals surface area contributed by atoms with Crippen LogP contribution >= 0.6 is 0 Å². The van der Waals surface area contributed by atoms with Crippen LogP contribution in [0.25, 0.3) is 0 Å². The second-order valence-electron chi connectivity index (χ2n) is 5.88. The molecule has 0 amide bonds. The van der Waals surface area contributed by atoms with E-state index in [1.807, 2.05) is 6.08 Å². The number of hydrogen-bond donors (Lipinski definition) is 0. The van der Waals surface area contributed by atoms with Crippen molar-refractivity contribution in [3.8, 4) is 11.5 Å². The van der Waals surface area contributed by atoms with Crippen LogP contribution in [0, 0.1) is 11.5 Å². The number of nitrogens with zero attached hydrogens (tertiary/aromatic N) is 1. The van der Waals surface area contributed by atoms with Gasteiger partial charge in [-0.3, -0.25) is 4.90 Å². The van der Waals surface area contributed by atoms with Crippen LogP contribution in [0.2, 0.25) is 19.6 Å². The summed E-state index contributed by atoms with van der Waals surface area (Å²) in [5.74, 6) is 3.61. The minimum atomic E-state index is -1.25. The molecule has 1 heterocycles. The van der Waals surface area contributed by atoms with Crippen LogP contribution < -0.4 is 0 Å². The van der Waals surface area contributed by atoms with Crippen molar-refractivity contribution in [1.29, 1.82) is 0 Å². The van der Waals surface area contributed by atoms with Crippen molar-refractivity contribution >= 4 is 8.07 Å². The Morgan fingerprint density at radius 2 is 2.12 bits per heavy atom. The average Bonchev–Trinajstić information content (AvgIpc) is 2.54. The van der Waals surface area contributed by atoms with Crippen molar-refractivity contribution in [2.24, 2.45) is 0 Å². The largest absolute Gasteiger partial charge is 0.290 e. The van der Waals surface area contributed by atoms with Crippen molar-refractivity contribution in [1.82, 2.24) is 4.90 Å². The van der Waals surface area contributed by atoms with Gasteiger partial charge in [-0.25, -0.2) is 0 Å². The predicted octanol–water partition coefficient (Wildman–Crippen LogP) is 3.30. The van der Waals surface area contributed by atoms with Crippen LogP contribution in [-0.2, 0) is 0 Å². The van der Waals surface area contributed by atoms with E-state index in [2.05, 4.69) is 49.6 Å². The van der Waals surface area contributed by atoms with Crippen molar-refractivity contribution in [3.63, 3.8) is 0 Å². The summed E-state index contributed by atoms with van der Waals surface area (Å²) in [5, 5.41) is 0. The highest BCUT2D eigenvalue weighted by Crippen LogP contribution is 2.31. The van der Waals surface area contributed by atoms with E-state index in [1.54, 1.807) is 0 Å². The molecule has 0 aromatic rings. The second-order valence-corrected chi connectivity index (χ2v) is 10.6. The fraction of sp³-hybridized carbons (Fsp3) is 0.714. The maximum atomic E-state index is 3.83. The standard InChI is InChI=1S/C14H25NSi/c1-6-7-9-14(10-8-12-15(14)2)11-13-16(3,4)5/h6H,1,7-10,12H2,2-5H3. The van der Waals surface area contributed by atoms with Crippen molar-refractivity contribution in [3.05, 3.63) is 12.7 Å². The van der Waals surface area contributed by atoms with Gasteiger partial charge in [0.25, 0.3) is 0 Å². The Morgan fingerprint density at radius 1 is 1.44 bits per heavy atom. The Morgan fingerprint density at radius 3 is 2.56 bits per heavy atom. The topological polar surface area (TPSA) is 3.24 Å². The van der Waals surface area contributed by atoms with Gasteiger partial charge in [0.1, 0.15) is 8.07 Å². The van der Waals surface area contributed by atoms with Gasteiger partial charge in [0.05, 0.1) is 5.54 Å². The zero-order chi connectivity index (χ0) is 12.2. The van der Waals surface area contributed by atoms with Gasteiger partial charge in [-0.15, -0.1) is 12.1 Å². The summed E-state index contributed by atoms with van der Waals surface area (Å²) in [6.07, 6.45) is 6.75. The van der Waals surface area contributed by atoms with Crippen LogP contribution in [-0.4, -0.2) is 32.1 Å². The Bertz CT molecular complexity index is 305. The van der Waals surface area contributed by atoms with E-state index in [0.717, 1.165) is 12.8 Å². The van der Waals surface area contributed by atoms with Crippen LogP contribution in [0.3, 0.4) is 0 Å². The van der Waals surface area contributed by atoms with Gasteiger partial charge in [-0.2, -0.15) is 0 Å². The molecular formula is C14H25NSi. The zero-order valence-electron chi connectivity index (χ0n) is 11.3. The first-order valence-electron chi connectivity index (χ1n) is 6.26. The Kier molecular flexibility index (Phi) is 4.40. The molecule has 1 rings (SSSR count). The van der Waals surface area contributed by atoms with Gasteiger partial charge >= 0.3 is 0 Å². The molecule has 1 nitrogen and oxygen atoms in total. The summed E-state index contributed by atoms with van der Waals surface area (Å²) in [6, 6.07) is 0. The lowest BCUT2D eigenvalue weighted by Gasteiger charge is -2.31. The van der Waals surface area contributed by atoms with E-state index < -0.39 is 8.07 Å². The molecule has 0 saturated carbocycles. The highest BCUT2D eigenvalue weighted by Gasteiger charge is 2.36. The number of hydrogen-bond acceptors (Lipinski definition) is 1. The summed E-state index contributed by atoms with van der Waals surface area (Å²) in [6.45, 7) is 12.0. The number of allylic oxidation sites excluding steroid dienone is 1. The fourth-order valence-corrected chi connectivity index (χ4v) is 2.80. The van der Waals surface area contributed by atoms with E-state index in [9.17, 15) is 0 Å². The predicted molar refractivity (Wildman–Crippen MR) is 75.1 cm³/mol. The van der Waals surface area contributed by atoms with E-state index >= 15 is 0 Å². The molecule has 0 aliphatic carbocycles. The summed E-state index contributed by atoms with van der Waals surface area (Å²) in [4.78, 5) is 2.45. The Balaban J connectivity index is 2.86. The Labute approximate surface area is 102 Å². The highest BCUT2D eigenvalue weighted by atomic mass is 28.3. The molecule has 0 radical (unpaired) electrons. The molecule has 0 spiro atoms. The van der Waals surface area contributed by atoms with E-state index in [0.29, 0.717) is 0 Å². The van der Waals surface area contributed by atoms with Gasteiger partial charge in [-0.1, -0.05) is 31.6 Å². The summed E-state index contributed by atoms with van der Waals surface area (Å²) in [7, 11) is 0.963. The van der Waals surface area contributed by atoms with E-state index in [4.69, 9.17) is 0 Å². The number of rotatable bonds is 3. The lowest BCUT2D eigenvalue weighted by atomic mass is 9.91. The van der Waals surface area contributed by atoms with E-state index in [1.165, 1.54) is 19.4 Å². The molecule has 1 fully saturated rings. The van der Waals surface area contributed by atoms with Gasteiger partial charge < -0.3 is 0 Å². The first-order valence-corrected chi connectivity index (χ1v) is 9.76. The van der Waals surface area contributed by atoms with Gasteiger partial charge in [0, 0.05) is 0 Å². The summed E-state index contributed by atoms with van der Waals surface area (Å²) < 4.78 is 0. The third-order valence-corrected chi connectivity index (χ3v) is 4.12. The molecule has 0 aromatic heterocycles. The van der Waals surface area contributed by atoms with Crippen molar-refractivity contribution < 1.29 is 0 Å². The zero-order valence-corrected chi connectivity index (χ0v) is 12.3. The first kappa shape index (κ1) is 13.5. The molecule has 0 N–H and O–H groups in total. The quantitative estimate of drug-likeness (QED) is 0.412. The van der Waals surface area contributed by atoms with E-state index in [-0.39, 0.29) is 5.54 Å². The molecule has 0 aromatic carbocycles. The SMILES string of the molecule is C=CCCC1(C#C[Si](C)(C)C)CCCN1C. The molecule has 1 unspecified atom stereocenters. The molecule has 1 saturated heterocycles. The average molecular weight is 235 g/mol. The normalized spacial score (nSPS) is 26.2. The van der Waals surface area contributed by atoms with Crippen LogP contribution in [0.15, 0.2) is 12.7 Å². The molecule has 1 aliphatic rings. The molecule has 90 valence electrons. The molecule has 16 heavy (non-hydrogen) atoms. The first-order chi connectivity index (χ1) is 7.40. The van der Waals surface area contributed by atoms with Gasteiger partial charge in [0.15, 0.2) is 0 Å². The monoisotopic (exact) mass is 235 g/mol. The fourth-order valence-electron chi connectivity index (χ4n) is 2.19. The Hall–Kier alpha value is -0.523. The van der Waals surface area contributed by atoms with Gasteiger partial charge in [0.2, 0.25) is 0 Å². The lowest BCUT2D eigenvalue weighted by Crippen LogP contribution is -2.40. The van der Waals surface area contributed by atoms with Crippen molar-refractivity contribution in [2.45, 2.75) is 50.9 Å². The maximum Gasteiger partial charge on any atom is 0.129 e. The van der Waals surface area contributed by atoms with Crippen LogP contribution in [0.5, 0.6) is 0 Å². The summed E-state index contributed by atoms with van der Waals surface area (Å²) >= 11 is 0. The minimum Gasteiger partial charge on any atom is -0.290 e.